The first-order valence-electron chi connectivity index (χ1n) is 9.71. The summed E-state index contributed by atoms with van der Waals surface area (Å²) in [7, 11) is 1.65. The van der Waals surface area contributed by atoms with Crippen LogP contribution in [0.2, 0.25) is 0 Å². The summed E-state index contributed by atoms with van der Waals surface area (Å²) in [4.78, 5) is 13.6. The molecule has 0 spiro atoms. The molecule has 1 aromatic carbocycles. The molecule has 1 aliphatic rings. The van der Waals surface area contributed by atoms with Crippen molar-refractivity contribution in [2.24, 2.45) is 11.8 Å². The summed E-state index contributed by atoms with van der Waals surface area (Å²) in [6.45, 7) is 6.14. The van der Waals surface area contributed by atoms with Crippen LogP contribution in [0.5, 0.6) is 5.75 Å². The van der Waals surface area contributed by atoms with Gasteiger partial charge in [0, 0.05) is 20.1 Å². The molecule has 0 radical (unpaired) electrons. The fourth-order valence-corrected chi connectivity index (χ4v) is 3.47. The molecule has 2 rings (SSSR count). The highest BCUT2D eigenvalue weighted by Crippen LogP contribution is 2.31. The van der Waals surface area contributed by atoms with Crippen LogP contribution in [0.3, 0.4) is 0 Å². The minimum atomic E-state index is -4.40. The van der Waals surface area contributed by atoms with E-state index >= 15 is 0 Å². The Hall–Kier alpha value is -2.02. The first-order chi connectivity index (χ1) is 13.3. The molecular weight excluding hydrogens is 369 g/mol. The third-order valence-corrected chi connectivity index (χ3v) is 5.26. The van der Waals surface area contributed by atoms with Gasteiger partial charge >= 0.3 is 12.3 Å². The number of hydrogen-bond donors (Lipinski definition) is 1. The van der Waals surface area contributed by atoms with E-state index in [1.54, 1.807) is 7.05 Å². The zero-order chi connectivity index (χ0) is 20.6. The summed E-state index contributed by atoms with van der Waals surface area (Å²) in [5, 5.41) is 3.37. The molecule has 28 heavy (non-hydrogen) atoms. The van der Waals surface area contributed by atoms with E-state index in [1.807, 2.05) is 6.08 Å². The largest absolute Gasteiger partial charge is 0.416 e. The Morgan fingerprint density at radius 2 is 1.82 bits per heavy atom. The Bertz CT molecular complexity index is 624. The number of hydrogen-bond acceptors (Lipinski definition) is 3. The number of halogens is 3. The maximum Gasteiger partial charge on any atom is 0.416 e. The number of benzene rings is 1. The zero-order valence-electron chi connectivity index (χ0n) is 16.3. The maximum atomic E-state index is 12.6. The van der Waals surface area contributed by atoms with Gasteiger partial charge in [0.1, 0.15) is 5.75 Å². The zero-order valence-corrected chi connectivity index (χ0v) is 16.3. The monoisotopic (exact) mass is 398 g/mol. The molecule has 0 unspecified atom stereocenters. The molecule has 0 atom stereocenters. The molecule has 0 heterocycles. The second kappa shape index (κ2) is 10.5. The standard InChI is InChI=1S/C21H29F3N2O2/c1-3-13-25-15-17-6-4-16(5-7-17)12-14-26(2)20(27)28-19-10-8-18(9-11-19)21(22,23)24/h3,8-11,16-17,25H,1,4-7,12-15H2,2H3/t16-,17-. The number of rotatable bonds is 8. The number of carbonyl (C=O) groups excluding carboxylic acids is 1. The van der Waals surface area contributed by atoms with Crippen LogP contribution in [0.25, 0.3) is 0 Å². The van der Waals surface area contributed by atoms with Crippen molar-refractivity contribution >= 4 is 6.09 Å². The number of nitrogens with one attached hydrogen (secondary N) is 1. The summed E-state index contributed by atoms with van der Waals surface area (Å²) in [5.41, 5.74) is -0.768. The Morgan fingerprint density at radius 3 is 2.39 bits per heavy atom. The lowest BCUT2D eigenvalue weighted by atomic mass is 9.80. The van der Waals surface area contributed by atoms with E-state index in [4.69, 9.17) is 4.74 Å². The molecule has 0 saturated heterocycles. The predicted molar refractivity (Wildman–Crippen MR) is 103 cm³/mol. The summed E-state index contributed by atoms with van der Waals surface area (Å²) in [6.07, 6.45) is 2.51. The lowest BCUT2D eigenvalue weighted by molar-refractivity contribution is -0.137. The average Bonchev–Trinajstić information content (AvgIpc) is 2.67. The highest BCUT2D eigenvalue weighted by atomic mass is 19.4. The van der Waals surface area contributed by atoms with Crippen LogP contribution in [0, 0.1) is 11.8 Å². The van der Waals surface area contributed by atoms with E-state index in [0.29, 0.717) is 18.4 Å². The van der Waals surface area contributed by atoms with Crippen LogP contribution in [-0.2, 0) is 6.18 Å². The van der Waals surface area contributed by atoms with Gasteiger partial charge in [-0.3, -0.25) is 0 Å². The average molecular weight is 398 g/mol. The van der Waals surface area contributed by atoms with Gasteiger partial charge in [-0.1, -0.05) is 18.9 Å². The fourth-order valence-electron chi connectivity index (χ4n) is 3.47. The summed E-state index contributed by atoms with van der Waals surface area (Å²) in [6, 6.07) is 4.14. The summed E-state index contributed by atoms with van der Waals surface area (Å²) in [5.74, 6) is 1.41. The van der Waals surface area contributed by atoms with E-state index in [1.165, 1.54) is 17.7 Å². The van der Waals surface area contributed by atoms with E-state index in [-0.39, 0.29) is 5.75 Å². The smallest absolute Gasteiger partial charge is 0.410 e. The molecular formula is C21H29F3N2O2. The lowest BCUT2D eigenvalue weighted by Crippen LogP contribution is -2.32. The van der Waals surface area contributed by atoms with Gasteiger partial charge in [-0.2, -0.15) is 13.2 Å². The van der Waals surface area contributed by atoms with Gasteiger partial charge in [0.05, 0.1) is 5.56 Å². The number of carbonyl (C=O) groups is 1. The maximum absolute atomic E-state index is 12.6. The quantitative estimate of drug-likeness (QED) is 0.489. The first kappa shape index (κ1) is 22.3. The molecule has 1 saturated carbocycles. The van der Waals surface area contributed by atoms with Crippen LogP contribution in [-0.4, -0.2) is 37.7 Å². The summed E-state index contributed by atoms with van der Waals surface area (Å²) < 4.78 is 42.9. The molecule has 0 aliphatic heterocycles. The topological polar surface area (TPSA) is 41.6 Å². The second-order valence-electron chi connectivity index (χ2n) is 7.43. The van der Waals surface area contributed by atoms with E-state index in [2.05, 4.69) is 11.9 Å². The van der Waals surface area contributed by atoms with E-state index in [9.17, 15) is 18.0 Å². The Kier molecular flexibility index (Phi) is 8.35. The van der Waals surface area contributed by atoms with Crippen LogP contribution in [0.15, 0.2) is 36.9 Å². The molecule has 156 valence electrons. The summed E-state index contributed by atoms with van der Waals surface area (Å²) >= 11 is 0. The molecule has 1 fully saturated rings. The molecule has 0 aromatic heterocycles. The molecule has 0 bridgehead atoms. The second-order valence-corrected chi connectivity index (χ2v) is 7.43. The molecule has 4 nitrogen and oxygen atoms in total. The van der Waals surface area contributed by atoms with Crippen LogP contribution >= 0.6 is 0 Å². The van der Waals surface area contributed by atoms with Crippen molar-refractivity contribution in [1.29, 1.82) is 0 Å². The minimum absolute atomic E-state index is 0.109. The number of amides is 1. The van der Waals surface area contributed by atoms with Gasteiger partial charge in [0.25, 0.3) is 0 Å². The number of ether oxygens (including phenoxy) is 1. The Balaban J connectivity index is 1.69. The van der Waals surface area contributed by atoms with Crippen molar-refractivity contribution in [2.45, 2.75) is 38.3 Å². The molecule has 1 N–H and O–H groups in total. The van der Waals surface area contributed by atoms with Gasteiger partial charge in [-0.15, -0.1) is 6.58 Å². The van der Waals surface area contributed by atoms with Crippen molar-refractivity contribution in [3.63, 3.8) is 0 Å². The van der Waals surface area contributed by atoms with E-state index in [0.717, 1.165) is 56.6 Å². The molecule has 1 amide bonds. The van der Waals surface area contributed by atoms with Crippen molar-refractivity contribution in [3.8, 4) is 5.75 Å². The normalized spacial score (nSPS) is 19.9. The Labute approximate surface area is 164 Å². The van der Waals surface area contributed by atoms with Crippen molar-refractivity contribution in [3.05, 3.63) is 42.5 Å². The first-order valence-corrected chi connectivity index (χ1v) is 9.71. The third kappa shape index (κ3) is 7.19. The van der Waals surface area contributed by atoms with Gasteiger partial charge in [-0.05, 0) is 61.9 Å². The Morgan fingerprint density at radius 1 is 1.21 bits per heavy atom. The van der Waals surface area contributed by atoms with Crippen LogP contribution in [0.4, 0.5) is 18.0 Å². The predicted octanol–water partition coefficient (Wildman–Crippen LogP) is 5.11. The van der Waals surface area contributed by atoms with Crippen molar-refractivity contribution in [1.82, 2.24) is 10.2 Å². The van der Waals surface area contributed by atoms with Gasteiger partial charge in [-0.25, -0.2) is 4.79 Å². The molecule has 7 heteroatoms. The number of nitrogens with zero attached hydrogens (tertiary/aromatic N) is 1. The van der Waals surface area contributed by atoms with Crippen molar-refractivity contribution < 1.29 is 22.7 Å². The van der Waals surface area contributed by atoms with Gasteiger partial charge in [0.15, 0.2) is 0 Å². The van der Waals surface area contributed by atoms with Crippen LogP contribution in [0.1, 0.15) is 37.7 Å². The SMILES string of the molecule is C=CCNC[C@H]1CC[C@H](CCN(C)C(=O)Oc2ccc(C(F)(F)F)cc2)CC1. The van der Waals surface area contributed by atoms with Gasteiger partial charge in [0.2, 0.25) is 0 Å². The third-order valence-electron chi connectivity index (χ3n) is 5.26. The molecule has 1 aromatic rings. The number of alkyl halides is 3. The van der Waals surface area contributed by atoms with Crippen LogP contribution < -0.4 is 10.1 Å². The lowest BCUT2D eigenvalue weighted by Gasteiger charge is -2.29. The highest BCUT2D eigenvalue weighted by molar-refractivity contribution is 5.70. The van der Waals surface area contributed by atoms with Gasteiger partial charge < -0.3 is 15.0 Å². The van der Waals surface area contributed by atoms with Crippen molar-refractivity contribution in [2.75, 3.05) is 26.7 Å². The molecule has 1 aliphatic carbocycles. The highest BCUT2D eigenvalue weighted by Gasteiger charge is 2.30. The fraction of sp³-hybridized carbons (Fsp3) is 0.571. The van der Waals surface area contributed by atoms with E-state index < -0.39 is 17.8 Å². The minimum Gasteiger partial charge on any atom is -0.410 e.